The SMILES string of the molecule is O=C(CSc1ncnc2sccc12)Nc1c(F)cccc1F. The third kappa shape index (κ3) is 3.07. The highest BCUT2D eigenvalue weighted by molar-refractivity contribution is 8.00. The number of hydrogen-bond donors (Lipinski definition) is 1. The summed E-state index contributed by atoms with van der Waals surface area (Å²) in [5.74, 6) is -2.12. The Morgan fingerprint density at radius 1 is 1.23 bits per heavy atom. The van der Waals surface area contributed by atoms with E-state index in [0.29, 0.717) is 5.03 Å². The van der Waals surface area contributed by atoms with Gasteiger partial charge in [0.05, 0.1) is 5.75 Å². The van der Waals surface area contributed by atoms with Gasteiger partial charge in [0.25, 0.3) is 0 Å². The highest BCUT2D eigenvalue weighted by Crippen LogP contribution is 2.27. The molecule has 0 atom stereocenters. The summed E-state index contributed by atoms with van der Waals surface area (Å²) >= 11 is 2.67. The molecule has 0 aliphatic carbocycles. The van der Waals surface area contributed by atoms with E-state index < -0.39 is 23.2 Å². The van der Waals surface area contributed by atoms with Crippen molar-refractivity contribution in [2.75, 3.05) is 11.1 Å². The zero-order valence-corrected chi connectivity index (χ0v) is 12.7. The number of halogens is 2. The van der Waals surface area contributed by atoms with Crippen LogP contribution in [0.4, 0.5) is 14.5 Å². The second-order valence-corrected chi connectivity index (χ2v) is 6.11. The summed E-state index contributed by atoms with van der Waals surface area (Å²) in [6.45, 7) is 0. The number of fused-ring (bicyclic) bond motifs is 1. The first-order chi connectivity index (χ1) is 10.6. The molecule has 112 valence electrons. The Balaban J connectivity index is 1.69. The van der Waals surface area contributed by atoms with E-state index in [-0.39, 0.29) is 5.75 Å². The van der Waals surface area contributed by atoms with Crippen LogP contribution in [-0.4, -0.2) is 21.6 Å². The van der Waals surface area contributed by atoms with Crippen molar-refractivity contribution in [1.29, 1.82) is 0 Å². The molecule has 0 saturated heterocycles. The Morgan fingerprint density at radius 2 is 2.00 bits per heavy atom. The molecular weight excluding hydrogens is 328 g/mol. The summed E-state index contributed by atoms with van der Waals surface area (Å²) in [5.41, 5.74) is -0.434. The zero-order chi connectivity index (χ0) is 15.5. The fraction of sp³-hybridized carbons (Fsp3) is 0.0714. The first-order valence-corrected chi connectivity index (χ1v) is 8.06. The van der Waals surface area contributed by atoms with Gasteiger partial charge in [-0.3, -0.25) is 4.79 Å². The summed E-state index contributed by atoms with van der Waals surface area (Å²) in [6, 6.07) is 5.29. The molecule has 1 N–H and O–H groups in total. The van der Waals surface area contributed by atoms with Crippen LogP contribution in [0.15, 0.2) is 41.0 Å². The van der Waals surface area contributed by atoms with Crippen molar-refractivity contribution in [3.8, 4) is 0 Å². The maximum Gasteiger partial charge on any atom is 0.234 e. The van der Waals surface area contributed by atoms with Crippen LogP contribution in [0.2, 0.25) is 0 Å². The van der Waals surface area contributed by atoms with Gasteiger partial charge >= 0.3 is 0 Å². The third-order valence-corrected chi connectivity index (χ3v) is 4.62. The summed E-state index contributed by atoms with van der Waals surface area (Å²) in [5, 5.41) is 5.65. The maximum atomic E-state index is 13.5. The van der Waals surface area contributed by atoms with Crippen LogP contribution >= 0.6 is 23.1 Å². The lowest BCUT2D eigenvalue weighted by molar-refractivity contribution is -0.113. The lowest BCUT2D eigenvalue weighted by atomic mass is 10.3. The first-order valence-electron chi connectivity index (χ1n) is 6.20. The van der Waals surface area contributed by atoms with Crippen LogP contribution in [0.1, 0.15) is 0 Å². The third-order valence-electron chi connectivity index (χ3n) is 2.79. The molecule has 0 fully saturated rings. The van der Waals surface area contributed by atoms with Gasteiger partial charge in [0.15, 0.2) is 0 Å². The lowest BCUT2D eigenvalue weighted by Gasteiger charge is -2.07. The number of carbonyl (C=O) groups excluding carboxylic acids is 1. The number of thioether (sulfide) groups is 1. The van der Waals surface area contributed by atoms with Crippen molar-refractivity contribution in [1.82, 2.24) is 9.97 Å². The molecule has 2 aromatic heterocycles. The van der Waals surface area contributed by atoms with Crippen LogP contribution in [0.3, 0.4) is 0 Å². The second-order valence-electron chi connectivity index (χ2n) is 4.25. The van der Waals surface area contributed by atoms with E-state index >= 15 is 0 Å². The molecule has 0 aliphatic heterocycles. The Labute approximate surface area is 132 Å². The van der Waals surface area contributed by atoms with Gasteiger partial charge < -0.3 is 5.32 Å². The Morgan fingerprint density at radius 3 is 2.77 bits per heavy atom. The summed E-state index contributed by atoms with van der Waals surface area (Å²) in [7, 11) is 0. The number of carbonyl (C=O) groups is 1. The molecule has 8 heteroatoms. The lowest BCUT2D eigenvalue weighted by Crippen LogP contribution is -2.16. The predicted molar refractivity (Wildman–Crippen MR) is 83.1 cm³/mol. The minimum atomic E-state index is -0.805. The van der Waals surface area contributed by atoms with E-state index in [0.717, 1.165) is 22.3 Å². The van der Waals surface area contributed by atoms with E-state index in [9.17, 15) is 13.6 Å². The van der Waals surface area contributed by atoms with Crippen LogP contribution in [0.5, 0.6) is 0 Å². The molecule has 0 bridgehead atoms. The number of rotatable bonds is 4. The number of nitrogens with one attached hydrogen (secondary N) is 1. The molecule has 3 aromatic rings. The van der Waals surface area contributed by atoms with Crippen molar-refractivity contribution < 1.29 is 13.6 Å². The molecule has 22 heavy (non-hydrogen) atoms. The van der Waals surface area contributed by atoms with Crippen molar-refractivity contribution in [3.05, 3.63) is 47.6 Å². The molecule has 0 saturated carbocycles. The van der Waals surface area contributed by atoms with Crippen LogP contribution in [0, 0.1) is 11.6 Å². The zero-order valence-electron chi connectivity index (χ0n) is 11.0. The van der Waals surface area contributed by atoms with Crippen molar-refractivity contribution in [2.24, 2.45) is 0 Å². The average Bonchev–Trinajstić information content (AvgIpc) is 2.98. The van der Waals surface area contributed by atoms with E-state index in [2.05, 4.69) is 15.3 Å². The monoisotopic (exact) mass is 337 g/mol. The van der Waals surface area contributed by atoms with Gasteiger partial charge in [0, 0.05) is 5.39 Å². The van der Waals surface area contributed by atoms with Gasteiger partial charge in [0.2, 0.25) is 5.91 Å². The second kappa shape index (κ2) is 6.37. The van der Waals surface area contributed by atoms with E-state index in [4.69, 9.17) is 0 Å². The Hall–Kier alpha value is -2.06. The molecule has 1 amide bonds. The summed E-state index contributed by atoms with van der Waals surface area (Å²) < 4.78 is 26.9. The van der Waals surface area contributed by atoms with Crippen LogP contribution in [-0.2, 0) is 4.79 Å². The number of hydrogen-bond acceptors (Lipinski definition) is 5. The Bertz CT molecular complexity index is 818. The van der Waals surface area contributed by atoms with E-state index in [1.54, 1.807) is 0 Å². The summed E-state index contributed by atoms with van der Waals surface area (Å²) in [4.78, 5) is 20.9. The standard InChI is InChI=1S/C14H9F2N3OS2/c15-9-2-1-3-10(16)12(9)19-11(20)6-22-14-8-4-5-21-13(8)17-7-18-14/h1-5,7H,6H2,(H,19,20). The topological polar surface area (TPSA) is 54.9 Å². The van der Waals surface area contributed by atoms with Crippen LogP contribution in [0.25, 0.3) is 10.2 Å². The molecule has 4 nitrogen and oxygen atoms in total. The van der Waals surface area contributed by atoms with Crippen molar-refractivity contribution >= 4 is 44.9 Å². The fourth-order valence-electron chi connectivity index (χ4n) is 1.81. The quantitative estimate of drug-likeness (QED) is 0.583. The fourth-order valence-corrected chi connectivity index (χ4v) is 3.39. The van der Waals surface area contributed by atoms with Crippen molar-refractivity contribution in [3.63, 3.8) is 0 Å². The van der Waals surface area contributed by atoms with Gasteiger partial charge in [0.1, 0.15) is 33.5 Å². The van der Waals surface area contributed by atoms with E-state index in [1.807, 2.05) is 11.4 Å². The Kier molecular flexibility index (Phi) is 4.30. The number of amides is 1. The minimum Gasteiger partial charge on any atom is -0.320 e. The van der Waals surface area contributed by atoms with Gasteiger partial charge in [-0.15, -0.1) is 11.3 Å². The highest BCUT2D eigenvalue weighted by Gasteiger charge is 2.13. The molecule has 0 unspecified atom stereocenters. The van der Waals surface area contributed by atoms with Gasteiger partial charge in [-0.05, 0) is 23.6 Å². The largest absolute Gasteiger partial charge is 0.320 e. The number of para-hydroxylation sites is 1. The molecule has 2 heterocycles. The molecule has 0 aliphatic rings. The molecule has 3 rings (SSSR count). The summed E-state index contributed by atoms with van der Waals surface area (Å²) in [6.07, 6.45) is 1.43. The van der Waals surface area contributed by atoms with Gasteiger partial charge in [-0.2, -0.15) is 0 Å². The molecule has 0 spiro atoms. The predicted octanol–water partition coefficient (Wildman–Crippen LogP) is 3.70. The first kappa shape index (κ1) is 14.9. The van der Waals surface area contributed by atoms with Crippen molar-refractivity contribution in [2.45, 2.75) is 5.03 Å². The molecule has 1 aromatic carbocycles. The number of nitrogens with zero attached hydrogens (tertiary/aromatic N) is 2. The number of benzene rings is 1. The maximum absolute atomic E-state index is 13.5. The van der Waals surface area contributed by atoms with E-state index in [1.165, 1.54) is 35.5 Å². The van der Waals surface area contributed by atoms with Gasteiger partial charge in [-0.25, -0.2) is 18.7 Å². The van der Waals surface area contributed by atoms with Gasteiger partial charge in [-0.1, -0.05) is 17.8 Å². The molecule has 0 radical (unpaired) electrons. The molecular formula is C14H9F2N3OS2. The minimum absolute atomic E-state index is 0.00423. The average molecular weight is 337 g/mol. The number of thiophene rings is 1. The highest BCUT2D eigenvalue weighted by atomic mass is 32.2. The number of anilines is 1. The normalized spacial score (nSPS) is 10.8. The smallest absolute Gasteiger partial charge is 0.234 e. The van der Waals surface area contributed by atoms with Crippen LogP contribution < -0.4 is 5.32 Å². The number of aromatic nitrogens is 2.